The number of hydrogen-bond acceptors (Lipinski definition) is 6. The third kappa shape index (κ3) is 5.42. The molecule has 2 heterocycles. The van der Waals surface area contributed by atoms with Gasteiger partial charge < -0.3 is 14.6 Å². The summed E-state index contributed by atoms with van der Waals surface area (Å²) >= 11 is 6.05. The van der Waals surface area contributed by atoms with Gasteiger partial charge in [0.15, 0.2) is 0 Å². The monoisotopic (exact) mass is 440 g/mol. The average molecular weight is 441 g/mol. The van der Waals surface area contributed by atoms with E-state index >= 15 is 0 Å². The Morgan fingerprint density at radius 3 is 3.00 bits per heavy atom. The second-order valence-electron chi connectivity index (χ2n) is 7.63. The van der Waals surface area contributed by atoms with Gasteiger partial charge >= 0.3 is 0 Å². The molecule has 2 aromatic carbocycles. The molecule has 0 radical (unpaired) electrons. The first-order chi connectivity index (χ1) is 15.1. The molecule has 1 atom stereocenters. The molecule has 0 bridgehead atoms. The smallest absolute Gasteiger partial charge is 0.241 e. The first-order valence-electron chi connectivity index (χ1n) is 10.3. The number of carbonyl (C=O) groups is 1. The maximum atomic E-state index is 12.7. The molecule has 8 heteroatoms. The summed E-state index contributed by atoms with van der Waals surface area (Å²) in [6.45, 7) is 2.52. The molecule has 0 spiro atoms. The quantitative estimate of drug-likeness (QED) is 0.599. The number of rotatable bonds is 7. The number of likely N-dealkylation sites (tertiary alicyclic amines) is 1. The molecular formula is C23H25ClN4O3. The first kappa shape index (κ1) is 21.3. The highest BCUT2D eigenvalue weighted by atomic mass is 35.5. The molecule has 1 N–H and O–H groups in total. The number of para-hydroxylation sites is 1. The maximum Gasteiger partial charge on any atom is 0.241 e. The summed E-state index contributed by atoms with van der Waals surface area (Å²) in [5.74, 6) is 1.81. The van der Waals surface area contributed by atoms with Gasteiger partial charge in [-0.2, -0.15) is 4.98 Å². The zero-order valence-corrected chi connectivity index (χ0v) is 18.1. The predicted molar refractivity (Wildman–Crippen MR) is 118 cm³/mol. The third-order valence-electron chi connectivity index (χ3n) is 5.43. The predicted octanol–water partition coefficient (Wildman–Crippen LogP) is 3.93. The highest BCUT2D eigenvalue weighted by Gasteiger charge is 2.27. The van der Waals surface area contributed by atoms with E-state index in [4.69, 9.17) is 20.9 Å². The number of ether oxygens (including phenoxy) is 1. The normalized spacial score (nSPS) is 16.8. The standard InChI is InChI=1S/C23H25ClN4O3/c1-30-20-10-3-2-6-17(20)13-25-23(29)18-8-5-11-28(14-18)15-21-26-22(27-31-21)16-7-4-9-19(24)12-16/h2-4,6-7,9-10,12,18H,5,8,11,13-15H2,1H3,(H,25,29). The van der Waals surface area contributed by atoms with Crippen molar-refractivity contribution in [1.29, 1.82) is 0 Å². The maximum absolute atomic E-state index is 12.7. The summed E-state index contributed by atoms with van der Waals surface area (Å²) in [5, 5.41) is 7.74. The lowest BCUT2D eigenvalue weighted by Gasteiger charge is -2.30. The van der Waals surface area contributed by atoms with E-state index in [2.05, 4.69) is 20.4 Å². The summed E-state index contributed by atoms with van der Waals surface area (Å²) < 4.78 is 10.8. The van der Waals surface area contributed by atoms with Gasteiger partial charge in [0.2, 0.25) is 17.6 Å². The fraction of sp³-hybridized carbons (Fsp3) is 0.348. The number of nitrogens with one attached hydrogen (secondary N) is 1. The first-order valence-corrected chi connectivity index (χ1v) is 10.7. The zero-order valence-electron chi connectivity index (χ0n) is 17.4. The summed E-state index contributed by atoms with van der Waals surface area (Å²) in [6, 6.07) is 15.1. The van der Waals surface area contributed by atoms with Crippen molar-refractivity contribution in [3.05, 3.63) is 65.0 Å². The van der Waals surface area contributed by atoms with Crippen LogP contribution in [-0.4, -0.2) is 41.1 Å². The van der Waals surface area contributed by atoms with Gasteiger partial charge in [-0.25, -0.2) is 0 Å². The lowest BCUT2D eigenvalue weighted by Crippen LogP contribution is -2.42. The molecule has 0 saturated carbocycles. The number of benzene rings is 2. The summed E-state index contributed by atoms with van der Waals surface area (Å²) in [5.41, 5.74) is 1.78. The van der Waals surface area contributed by atoms with Crippen LogP contribution < -0.4 is 10.1 Å². The van der Waals surface area contributed by atoms with Crippen LogP contribution in [0.5, 0.6) is 5.75 Å². The Kier molecular flexibility index (Phi) is 6.84. The van der Waals surface area contributed by atoms with Crippen molar-refractivity contribution in [2.24, 2.45) is 5.92 Å². The second kappa shape index (κ2) is 9.94. The van der Waals surface area contributed by atoms with Crippen LogP contribution in [0.4, 0.5) is 0 Å². The van der Waals surface area contributed by atoms with Gasteiger partial charge in [-0.05, 0) is 37.6 Å². The Hall–Kier alpha value is -2.90. The molecule has 1 saturated heterocycles. The summed E-state index contributed by atoms with van der Waals surface area (Å²) in [6.07, 6.45) is 1.81. The highest BCUT2D eigenvalue weighted by molar-refractivity contribution is 6.30. The number of carbonyl (C=O) groups excluding carboxylic acids is 1. The average Bonchev–Trinajstić information content (AvgIpc) is 3.26. The lowest BCUT2D eigenvalue weighted by molar-refractivity contribution is -0.127. The molecule has 7 nitrogen and oxygen atoms in total. The van der Waals surface area contributed by atoms with E-state index in [1.807, 2.05) is 36.4 Å². The fourth-order valence-corrected chi connectivity index (χ4v) is 4.03. The van der Waals surface area contributed by atoms with Crippen molar-refractivity contribution in [2.75, 3.05) is 20.2 Å². The molecule has 1 aromatic heterocycles. The van der Waals surface area contributed by atoms with Crippen molar-refractivity contribution in [1.82, 2.24) is 20.4 Å². The molecule has 162 valence electrons. The lowest BCUT2D eigenvalue weighted by atomic mass is 9.97. The number of piperidine rings is 1. The second-order valence-corrected chi connectivity index (χ2v) is 8.06. The Morgan fingerprint density at radius 1 is 1.29 bits per heavy atom. The molecule has 1 aliphatic rings. The Morgan fingerprint density at radius 2 is 2.16 bits per heavy atom. The van der Waals surface area contributed by atoms with Gasteiger partial charge in [0.1, 0.15) is 5.75 Å². The van der Waals surface area contributed by atoms with Gasteiger partial charge in [0.25, 0.3) is 0 Å². The van der Waals surface area contributed by atoms with Gasteiger partial charge in [0.05, 0.1) is 19.6 Å². The van der Waals surface area contributed by atoms with Crippen molar-refractivity contribution >= 4 is 17.5 Å². The largest absolute Gasteiger partial charge is 0.496 e. The van der Waals surface area contributed by atoms with Crippen LogP contribution in [0.3, 0.4) is 0 Å². The van der Waals surface area contributed by atoms with E-state index in [0.29, 0.717) is 36.4 Å². The van der Waals surface area contributed by atoms with E-state index in [-0.39, 0.29) is 11.8 Å². The zero-order chi connectivity index (χ0) is 21.6. The fourth-order valence-electron chi connectivity index (χ4n) is 3.84. The highest BCUT2D eigenvalue weighted by Crippen LogP contribution is 2.23. The van der Waals surface area contributed by atoms with Gasteiger partial charge in [-0.15, -0.1) is 0 Å². The number of nitrogens with zero attached hydrogens (tertiary/aromatic N) is 3. The van der Waals surface area contributed by atoms with Crippen LogP contribution in [0, 0.1) is 5.92 Å². The van der Waals surface area contributed by atoms with Crippen molar-refractivity contribution in [2.45, 2.75) is 25.9 Å². The van der Waals surface area contributed by atoms with Crippen LogP contribution in [0.15, 0.2) is 53.1 Å². The minimum Gasteiger partial charge on any atom is -0.496 e. The molecule has 3 aromatic rings. The van der Waals surface area contributed by atoms with E-state index in [9.17, 15) is 4.79 Å². The third-order valence-corrected chi connectivity index (χ3v) is 5.67. The van der Waals surface area contributed by atoms with Crippen LogP contribution in [-0.2, 0) is 17.9 Å². The van der Waals surface area contributed by atoms with Crippen molar-refractivity contribution in [3.63, 3.8) is 0 Å². The molecule has 0 aliphatic carbocycles. The minimum absolute atomic E-state index is 0.0563. The summed E-state index contributed by atoms with van der Waals surface area (Å²) in [7, 11) is 1.63. The van der Waals surface area contributed by atoms with Crippen molar-refractivity contribution in [3.8, 4) is 17.1 Å². The topological polar surface area (TPSA) is 80.5 Å². The van der Waals surface area contributed by atoms with E-state index < -0.39 is 0 Å². The number of methoxy groups -OCH3 is 1. The van der Waals surface area contributed by atoms with Crippen LogP contribution >= 0.6 is 11.6 Å². The Balaban J connectivity index is 1.33. The van der Waals surface area contributed by atoms with Crippen molar-refractivity contribution < 1.29 is 14.1 Å². The Bertz CT molecular complexity index is 1040. The van der Waals surface area contributed by atoms with Gasteiger partial charge in [-0.1, -0.05) is 47.1 Å². The number of aromatic nitrogens is 2. The minimum atomic E-state index is -0.0706. The van der Waals surface area contributed by atoms with Gasteiger partial charge in [0, 0.05) is 29.2 Å². The number of hydrogen-bond donors (Lipinski definition) is 1. The SMILES string of the molecule is COc1ccccc1CNC(=O)C1CCCN(Cc2nc(-c3cccc(Cl)c3)no2)C1. The molecule has 1 aliphatic heterocycles. The van der Waals surface area contributed by atoms with E-state index in [1.54, 1.807) is 19.2 Å². The van der Waals surface area contributed by atoms with Crippen LogP contribution in [0.1, 0.15) is 24.3 Å². The number of amides is 1. The molecule has 1 amide bonds. The number of halogens is 1. The summed E-state index contributed by atoms with van der Waals surface area (Å²) in [4.78, 5) is 19.4. The molecule has 1 unspecified atom stereocenters. The Labute approximate surface area is 186 Å². The van der Waals surface area contributed by atoms with Crippen LogP contribution in [0.25, 0.3) is 11.4 Å². The molecule has 4 rings (SSSR count). The van der Waals surface area contributed by atoms with E-state index in [1.165, 1.54) is 0 Å². The molecule has 31 heavy (non-hydrogen) atoms. The molecule has 1 fully saturated rings. The van der Waals surface area contributed by atoms with Gasteiger partial charge in [-0.3, -0.25) is 9.69 Å². The van der Waals surface area contributed by atoms with Crippen LogP contribution in [0.2, 0.25) is 5.02 Å². The van der Waals surface area contributed by atoms with E-state index in [0.717, 1.165) is 36.3 Å². The molecular weight excluding hydrogens is 416 g/mol.